The van der Waals surface area contributed by atoms with E-state index >= 15 is 0 Å². The summed E-state index contributed by atoms with van der Waals surface area (Å²) in [4.78, 5) is 30.1. The van der Waals surface area contributed by atoms with Crippen molar-refractivity contribution in [1.29, 1.82) is 0 Å². The van der Waals surface area contributed by atoms with Gasteiger partial charge >= 0.3 is 0 Å². The van der Waals surface area contributed by atoms with Crippen molar-refractivity contribution in [2.24, 2.45) is 0 Å². The Bertz CT molecular complexity index is 971. The fraction of sp³-hybridized carbons (Fsp3) is 0.481. The summed E-state index contributed by atoms with van der Waals surface area (Å²) in [7, 11) is 0. The monoisotopic (exact) mass is 433 g/mol. The molecule has 5 heteroatoms. The van der Waals surface area contributed by atoms with Crippen LogP contribution in [-0.4, -0.2) is 47.3 Å². The molecule has 1 atom stereocenters. The van der Waals surface area contributed by atoms with Crippen LogP contribution in [0, 0.1) is 6.92 Å². The summed E-state index contributed by atoms with van der Waals surface area (Å²) in [6, 6.07) is 14.5. The van der Waals surface area contributed by atoms with Crippen LogP contribution in [0.15, 0.2) is 42.5 Å². The Morgan fingerprint density at radius 1 is 1.16 bits per heavy atom. The number of nitrogens with zero attached hydrogens (tertiary/aromatic N) is 2. The zero-order valence-electron chi connectivity index (χ0n) is 19.4. The van der Waals surface area contributed by atoms with E-state index in [4.69, 9.17) is 0 Å². The highest BCUT2D eigenvalue weighted by Crippen LogP contribution is 2.26. The first-order valence-corrected chi connectivity index (χ1v) is 12.0. The van der Waals surface area contributed by atoms with Crippen molar-refractivity contribution in [2.45, 2.75) is 65.1 Å². The van der Waals surface area contributed by atoms with Gasteiger partial charge in [-0.1, -0.05) is 49.2 Å². The molecular weight excluding hydrogens is 398 g/mol. The van der Waals surface area contributed by atoms with E-state index < -0.39 is 0 Å². The Morgan fingerprint density at radius 2 is 2.03 bits per heavy atom. The largest absolute Gasteiger partial charge is 0.352 e. The second-order valence-corrected chi connectivity index (χ2v) is 9.23. The standard InChI is InChI=1S/C27H35N3O2/c1-3-24-10-4-5-14-29(24)15-7-13-28-26(31)22-11-12-23-19-30(27(32)25(23)17-22)18-21-9-6-8-20(2)16-21/h6,8-9,11-12,16-17,24H,3-5,7,10,13-15,18-19H2,1-2H3,(H,28,31). The zero-order chi connectivity index (χ0) is 22.5. The van der Waals surface area contributed by atoms with Gasteiger partial charge in [-0.2, -0.15) is 0 Å². The second-order valence-electron chi connectivity index (χ2n) is 9.23. The summed E-state index contributed by atoms with van der Waals surface area (Å²) in [5.41, 5.74) is 4.54. The third-order valence-electron chi connectivity index (χ3n) is 6.83. The third-order valence-corrected chi connectivity index (χ3v) is 6.83. The maximum atomic E-state index is 12.9. The number of amides is 2. The Kier molecular flexibility index (Phi) is 7.26. The first-order chi connectivity index (χ1) is 15.5. The average molecular weight is 434 g/mol. The number of likely N-dealkylation sites (tertiary alicyclic amines) is 1. The molecule has 1 saturated heterocycles. The Balaban J connectivity index is 1.30. The lowest BCUT2D eigenvalue weighted by atomic mass is 10.00. The number of aryl methyl sites for hydroxylation is 1. The number of piperidine rings is 1. The number of benzene rings is 2. The minimum Gasteiger partial charge on any atom is -0.352 e. The van der Waals surface area contributed by atoms with E-state index in [-0.39, 0.29) is 11.8 Å². The summed E-state index contributed by atoms with van der Waals surface area (Å²) < 4.78 is 0. The SMILES string of the molecule is CCC1CCCCN1CCCNC(=O)c1ccc2c(c1)C(=O)N(Cc1cccc(C)c1)C2. The van der Waals surface area contributed by atoms with E-state index in [0.29, 0.717) is 36.8 Å². The molecule has 0 aliphatic carbocycles. The van der Waals surface area contributed by atoms with Gasteiger partial charge in [-0.15, -0.1) is 0 Å². The molecule has 0 bridgehead atoms. The molecule has 2 aliphatic heterocycles. The van der Waals surface area contributed by atoms with Gasteiger partial charge in [0.25, 0.3) is 11.8 Å². The first kappa shape index (κ1) is 22.5. The second kappa shape index (κ2) is 10.3. The van der Waals surface area contributed by atoms with Crippen LogP contribution in [0.5, 0.6) is 0 Å². The van der Waals surface area contributed by atoms with Crippen LogP contribution in [0.2, 0.25) is 0 Å². The number of carbonyl (C=O) groups is 2. The van der Waals surface area contributed by atoms with E-state index in [9.17, 15) is 9.59 Å². The normalized spacial score (nSPS) is 18.6. The summed E-state index contributed by atoms with van der Waals surface area (Å²) in [5.74, 6) is -0.0877. The quantitative estimate of drug-likeness (QED) is 0.622. The van der Waals surface area contributed by atoms with Crippen LogP contribution in [0.3, 0.4) is 0 Å². The molecule has 170 valence electrons. The number of rotatable bonds is 8. The molecule has 2 aromatic carbocycles. The lowest BCUT2D eigenvalue weighted by Gasteiger charge is -2.35. The van der Waals surface area contributed by atoms with Crippen molar-refractivity contribution in [3.8, 4) is 0 Å². The van der Waals surface area contributed by atoms with Gasteiger partial charge in [-0.3, -0.25) is 9.59 Å². The highest BCUT2D eigenvalue weighted by molar-refractivity contribution is 6.02. The molecule has 0 saturated carbocycles. The number of nitrogens with one attached hydrogen (secondary N) is 1. The van der Waals surface area contributed by atoms with Crippen LogP contribution >= 0.6 is 0 Å². The topological polar surface area (TPSA) is 52.7 Å². The predicted molar refractivity (Wildman–Crippen MR) is 128 cm³/mol. The van der Waals surface area contributed by atoms with Crippen molar-refractivity contribution in [3.05, 3.63) is 70.3 Å². The summed E-state index contributed by atoms with van der Waals surface area (Å²) >= 11 is 0. The molecule has 1 fully saturated rings. The maximum Gasteiger partial charge on any atom is 0.254 e. The molecule has 2 aliphatic rings. The van der Waals surface area contributed by atoms with Crippen molar-refractivity contribution >= 4 is 11.8 Å². The lowest BCUT2D eigenvalue weighted by Crippen LogP contribution is -2.40. The van der Waals surface area contributed by atoms with Crippen molar-refractivity contribution in [2.75, 3.05) is 19.6 Å². The Labute approximate surface area is 191 Å². The molecule has 0 radical (unpaired) electrons. The van der Waals surface area contributed by atoms with Gasteiger partial charge in [0.2, 0.25) is 0 Å². The maximum absolute atomic E-state index is 12.9. The van der Waals surface area contributed by atoms with Crippen molar-refractivity contribution in [3.63, 3.8) is 0 Å². The van der Waals surface area contributed by atoms with E-state index in [1.165, 1.54) is 37.8 Å². The van der Waals surface area contributed by atoms with E-state index in [1.54, 1.807) is 6.07 Å². The third kappa shape index (κ3) is 5.21. The van der Waals surface area contributed by atoms with Crippen LogP contribution in [0.4, 0.5) is 0 Å². The molecular formula is C27H35N3O2. The molecule has 0 aromatic heterocycles. The minimum atomic E-state index is -0.0941. The predicted octanol–water partition coefficient (Wildman–Crippen LogP) is 4.54. The number of hydrogen-bond acceptors (Lipinski definition) is 3. The minimum absolute atomic E-state index is 0.00635. The van der Waals surface area contributed by atoms with Crippen LogP contribution in [-0.2, 0) is 13.1 Å². The molecule has 2 heterocycles. The van der Waals surface area contributed by atoms with Gasteiger partial charge in [0.1, 0.15) is 0 Å². The number of hydrogen-bond donors (Lipinski definition) is 1. The molecule has 32 heavy (non-hydrogen) atoms. The highest BCUT2D eigenvalue weighted by Gasteiger charge is 2.28. The Morgan fingerprint density at radius 3 is 2.84 bits per heavy atom. The molecule has 4 rings (SSSR count). The van der Waals surface area contributed by atoms with Crippen molar-refractivity contribution in [1.82, 2.24) is 15.1 Å². The van der Waals surface area contributed by atoms with Gasteiger partial charge < -0.3 is 15.1 Å². The fourth-order valence-corrected chi connectivity index (χ4v) is 5.06. The van der Waals surface area contributed by atoms with Crippen LogP contribution < -0.4 is 5.32 Å². The average Bonchev–Trinajstić information content (AvgIpc) is 3.11. The molecule has 2 amide bonds. The lowest BCUT2D eigenvalue weighted by molar-refractivity contribution is 0.0766. The van der Waals surface area contributed by atoms with Crippen molar-refractivity contribution < 1.29 is 9.59 Å². The molecule has 2 aromatic rings. The van der Waals surface area contributed by atoms with Crippen LogP contribution in [0.25, 0.3) is 0 Å². The number of fused-ring (bicyclic) bond motifs is 1. The zero-order valence-corrected chi connectivity index (χ0v) is 19.4. The van der Waals surface area contributed by atoms with Gasteiger partial charge in [-0.25, -0.2) is 0 Å². The van der Waals surface area contributed by atoms with Gasteiger partial charge in [0, 0.05) is 43.3 Å². The molecule has 1 N–H and O–H groups in total. The van der Waals surface area contributed by atoms with Gasteiger partial charge in [0.05, 0.1) is 0 Å². The molecule has 1 unspecified atom stereocenters. The van der Waals surface area contributed by atoms with E-state index in [1.807, 2.05) is 23.1 Å². The summed E-state index contributed by atoms with van der Waals surface area (Å²) in [5, 5.41) is 3.04. The van der Waals surface area contributed by atoms with E-state index in [2.05, 4.69) is 42.3 Å². The fourth-order valence-electron chi connectivity index (χ4n) is 5.06. The first-order valence-electron chi connectivity index (χ1n) is 12.0. The summed E-state index contributed by atoms with van der Waals surface area (Å²) in [6.07, 6.45) is 6.08. The van der Waals surface area contributed by atoms with Crippen LogP contribution in [0.1, 0.15) is 76.4 Å². The number of carbonyl (C=O) groups excluding carboxylic acids is 2. The molecule has 5 nitrogen and oxygen atoms in total. The summed E-state index contributed by atoms with van der Waals surface area (Å²) in [6.45, 7) is 8.39. The van der Waals surface area contributed by atoms with Gasteiger partial charge in [0.15, 0.2) is 0 Å². The molecule has 0 spiro atoms. The van der Waals surface area contributed by atoms with Gasteiger partial charge in [-0.05, 0) is 62.4 Å². The smallest absolute Gasteiger partial charge is 0.254 e. The van der Waals surface area contributed by atoms with E-state index in [0.717, 1.165) is 24.1 Å². The highest BCUT2D eigenvalue weighted by atomic mass is 16.2. The Hall–Kier alpha value is -2.66.